The summed E-state index contributed by atoms with van der Waals surface area (Å²) in [5.41, 5.74) is 1.30. The van der Waals surface area contributed by atoms with E-state index in [1.54, 1.807) is 0 Å². The summed E-state index contributed by atoms with van der Waals surface area (Å²) < 4.78 is 66.7. The van der Waals surface area contributed by atoms with Gasteiger partial charge in [-0.25, -0.2) is 17.6 Å². The Balaban J connectivity index is 0.000000180. The number of hydrogen-bond donors (Lipinski definition) is 0. The standard InChI is InChI=1S/C24H29F2N2O2P.C21H29F2N2O2P/c25-21-14-20(31)15-22(26)23(21)30-19-8-12-28(13-9-19)24(29)18-6-10-27(11-7-18)16-17-4-2-1-3-5-17;22-16-11-18(23)20(19(28)12-16)27-17-5-9-25(10-6-17)21(26)15-3-7-24(8-4-15)13-14-1-2-14/h1-5,14-15,18-19H,6-13,16,31H2;11-12,14-15,17H,1-10,13,28H2. The summed E-state index contributed by atoms with van der Waals surface area (Å²) >= 11 is 0. The molecule has 8 nitrogen and oxygen atoms in total. The second-order valence-electron chi connectivity index (χ2n) is 17.0. The minimum Gasteiger partial charge on any atom is -0.487 e. The van der Waals surface area contributed by atoms with Crippen molar-refractivity contribution in [3.63, 3.8) is 0 Å². The Morgan fingerprint density at radius 2 is 1.05 bits per heavy atom. The average molecular weight is 857 g/mol. The van der Waals surface area contributed by atoms with Crippen LogP contribution in [0, 0.1) is 41.0 Å². The highest BCUT2D eigenvalue weighted by molar-refractivity contribution is 7.27. The van der Waals surface area contributed by atoms with E-state index in [-0.39, 0.29) is 47.4 Å². The van der Waals surface area contributed by atoms with Crippen LogP contribution in [0.2, 0.25) is 0 Å². The lowest BCUT2D eigenvalue weighted by atomic mass is 9.93. The van der Waals surface area contributed by atoms with Crippen molar-refractivity contribution in [3.8, 4) is 11.5 Å². The first-order valence-corrected chi connectivity index (χ1v) is 22.5. The van der Waals surface area contributed by atoms with E-state index in [1.807, 2.05) is 15.9 Å². The fourth-order valence-corrected chi connectivity index (χ4v) is 9.50. The zero-order valence-corrected chi connectivity index (χ0v) is 36.1. The molecule has 4 aliphatic heterocycles. The van der Waals surface area contributed by atoms with E-state index in [1.165, 1.54) is 43.1 Å². The number of likely N-dealkylation sites (tertiary alicyclic amines) is 4. The lowest BCUT2D eigenvalue weighted by molar-refractivity contribution is -0.139. The number of hydrogen-bond acceptors (Lipinski definition) is 6. The third-order valence-corrected chi connectivity index (χ3v) is 13.2. The second-order valence-corrected chi connectivity index (χ2v) is 18.2. The number of amides is 2. The summed E-state index contributed by atoms with van der Waals surface area (Å²) in [5, 5.41) is 0.826. The first-order valence-electron chi connectivity index (χ1n) is 21.4. The molecule has 0 radical (unpaired) electrons. The average Bonchev–Trinajstić information content (AvgIpc) is 4.06. The molecule has 5 fully saturated rings. The van der Waals surface area contributed by atoms with Gasteiger partial charge in [-0.2, -0.15) is 0 Å². The van der Waals surface area contributed by atoms with Crippen LogP contribution in [0.15, 0.2) is 54.6 Å². The van der Waals surface area contributed by atoms with Crippen LogP contribution in [-0.2, 0) is 16.1 Å². The fourth-order valence-electron chi connectivity index (χ4n) is 8.84. The minimum absolute atomic E-state index is 0.0639. The van der Waals surface area contributed by atoms with E-state index in [2.05, 4.69) is 52.5 Å². The zero-order valence-electron chi connectivity index (χ0n) is 33.8. The predicted octanol–water partition coefficient (Wildman–Crippen LogP) is 6.70. The van der Waals surface area contributed by atoms with Gasteiger partial charge in [0.1, 0.15) is 18.0 Å². The van der Waals surface area contributed by atoms with Crippen LogP contribution < -0.4 is 20.1 Å². The molecule has 0 N–H and O–H groups in total. The molecule has 3 aromatic carbocycles. The largest absolute Gasteiger partial charge is 0.487 e. The lowest BCUT2D eigenvalue weighted by Gasteiger charge is -2.37. The number of nitrogens with zero attached hydrogens (tertiary/aromatic N) is 4. The topological polar surface area (TPSA) is 65.6 Å². The highest BCUT2D eigenvalue weighted by atomic mass is 31.0. The Morgan fingerprint density at radius 1 is 0.576 bits per heavy atom. The van der Waals surface area contributed by atoms with Gasteiger partial charge < -0.3 is 24.2 Å². The maximum absolute atomic E-state index is 14.0. The summed E-state index contributed by atoms with van der Waals surface area (Å²) in [6.07, 6.45) is 8.49. The Morgan fingerprint density at radius 3 is 1.54 bits per heavy atom. The molecule has 1 saturated carbocycles. The first kappa shape index (κ1) is 43.8. The zero-order chi connectivity index (χ0) is 41.5. The summed E-state index contributed by atoms with van der Waals surface area (Å²) in [5.74, 6) is -1.31. The van der Waals surface area contributed by atoms with Crippen molar-refractivity contribution in [2.75, 3.05) is 58.9 Å². The number of rotatable bonds is 10. The molecule has 4 saturated heterocycles. The summed E-state index contributed by atoms with van der Waals surface area (Å²) in [6.45, 7) is 8.47. The number of carbonyl (C=O) groups is 2. The van der Waals surface area contributed by atoms with Crippen molar-refractivity contribution >= 4 is 40.9 Å². The maximum atomic E-state index is 14.0. The number of ether oxygens (including phenoxy) is 2. The number of benzene rings is 3. The highest BCUT2D eigenvalue weighted by Gasteiger charge is 2.34. The molecule has 0 spiro atoms. The summed E-state index contributed by atoms with van der Waals surface area (Å²) in [7, 11) is 4.60. The molecule has 2 amide bonds. The van der Waals surface area contributed by atoms with Crippen molar-refractivity contribution < 1.29 is 36.6 Å². The molecule has 8 rings (SSSR count). The van der Waals surface area contributed by atoms with E-state index in [0.717, 1.165) is 70.4 Å². The molecule has 1 aliphatic carbocycles. The van der Waals surface area contributed by atoms with Crippen molar-refractivity contribution in [1.29, 1.82) is 0 Å². The molecule has 2 atom stereocenters. The van der Waals surface area contributed by atoms with Crippen LogP contribution in [0.4, 0.5) is 17.6 Å². The number of piperidine rings is 4. The SMILES string of the molecule is O=C(C1CCN(CC2CC2)CC1)N1CCC(Oc2c(F)cc(F)cc2P)CC1.O=C(C1CCN(Cc2ccccc2)CC1)N1CCC(Oc2c(F)cc(P)cc2F)CC1. The third-order valence-electron chi connectivity index (χ3n) is 12.5. The summed E-state index contributed by atoms with van der Waals surface area (Å²) in [6, 6.07) is 15.0. The Bertz CT molecular complexity index is 1830. The van der Waals surface area contributed by atoms with E-state index in [4.69, 9.17) is 9.47 Å². The van der Waals surface area contributed by atoms with Gasteiger partial charge in [-0.1, -0.05) is 30.3 Å². The van der Waals surface area contributed by atoms with Crippen molar-refractivity contribution in [2.45, 2.75) is 83.0 Å². The maximum Gasteiger partial charge on any atom is 0.225 e. The molecule has 3 aromatic rings. The van der Waals surface area contributed by atoms with Gasteiger partial charge in [0.2, 0.25) is 11.8 Å². The molecule has 2 unspecified atom stereocenters. The van der Waals surface area contributed by atoms with Gasteiger partial charge in [-0.05, 0) is 99.7 Å². The Kier molecular flexibility index (Phi) is 15.2. The smallest absolute Gasteiger partial charge is 0.225 e. The van der Waals surface area contributed by atoms with Gasteiger partial charge in [-0.3, -0.25) is 14.5 Å². The van der Waals surface area contributed by atoms with E-state index in [9.17, 15) is 27.2 Å². The van der Waals surface area contributed by atoms with Crippen LogP contribution in [0.1, 0.15) is 69.8 Å². The monoisotopic (exact) mass is 856 g/mol. The molecular formula is C45H58F4N4O4P2. The van der Waals surface area contributed by atoms with Crippen LogP contribution in [0.3, 0.4) is 0 Å². The molecule has 0 aromatic heterocycles. The van der Waals surface area contributed by atoms with Crippen LogP contribution in [0.5, 0.6) is 11.5 Å². The molecule has 5 aliphatic rings. The van der Waals surface area contributed by atoms with Gasteiger partial charge in [0.25, 0.3) is 0 Å². The van der Waals surface area contributed by atoms with Crippen molar-refractivity contribution in [2.24, 2.45) is 17.8 Å². The molecular weight excluding hydrogens is 798 g/mol. The Labute approximate surface area is 350 Å². The van der Waals surface area contributed by atoms with Gasteiger partial charge in [-0.15, -0.1) is 18.5 Å². The van der Waals surface area contributed by atoms with Gasteiger partial charge in [0, 0.05) is 88.2 Å². The van der Waals surface area contributed by atoms with E-state index in [0.29, 0.717) is 62.5 Å². The fraction of sp³-hybridized carbons (Fsp3) is 0.556. The molecule has 14 heteroatoms. The quantitative estimate of drug-likeness (QED) is 0.167. The van der Waals surface area contributed by atoms with E-state index < -0.39 is 23.3 Å². The van der Waals surface area contributed by atoms with Crippen molar-refractivity contribution in [1.82, 2.24) is 19.6 Å². The molecule has 0 bridgehead atoms. The second kappa shape index (κ2) is 20.5. The molecule has 59 heavy (non-hydrogen) atoms. The third kappa shape index (κ3) is 12.2. The van der Waals surface area contributed by atoms with E-state index >= 15 is 0 Å². The van der Waals surface area contributed by atoms with Crippen molar-refractivity contribution in [3.05, 3.63) is 83.4 Å². The molecule has 320 valence electrons. The van der Waals surface area contributed by atoms with Gasteiger partial charge in [0.05, 0.1) is 0 Å². The number of carbonyl (C=O) groups excluding carboxylic acids is 2. The Hall–Kier alpha value is -3.30. The van der Waals surface area contributed by atoms with Crippen LogP contribution >= 0.6 is 18.5 Å². The normalized spacial score (nSPS) is 20.6. The first-order chi connectivity index (χ1) is 28.5. The minimum atomic E-state index is -0.689. The van der Waals surface area contributed by atoms with Crippen LogP contribution in [0.25, 0.3) is 0 Å². The highest BCUT2D eigenvalue weighted by Crippen LogP contribution is 2.32. The predicted molar refractivity (Wildman–Crippen MR) is 228 cm³/mol. The van der Waals surface area contributed by atoms with Gasteiger partial charge in [0.15, 0.2) is 29.0 Å². The van der Waals surface area contributed by atoms with Gasteiger partial charge >= 0.3 is 0 Å². The molecule has 4 heterocycles. The summed E-state index contributed by atoms with van der Waals surface area (Å²) in [4.78, 5) is 34.6. The lowest BCUT2D eigenvalue weighted by Crippen LogP contribution is -2.47. The number of halogens is 4. The van der Waals surface area contributed by atoms with Crippen LogP contribution in [-0.4, -0.2) is 103 Å².